The smallest absolute Gasteiger partial charge is 0.113 e. The van der Waals surface area contributed by atoms with Crippen LogP contribution in [0.25, 0.3) is 11.3 Å². The molecule has 0 bridgehead atoms. The van der Waals surface area contributed by atoms with Crippen molar-refractivity contribution in [3.63, 3.8) is 0 Å². The second kappa shape index (κ2) is 4.88. The van der Waals surface area contributed by atoms with Crippen LogP contribution in [0.5, 0.6) is 0 Å². The molecule has 0 saturated heterocycles. The zero-order valence-corrected chi connectivity index (χ0v) is 12.3. The molecule has 0 aliphatic rings. The van der Waals surface area contributed by atoms with Crippen LogP contribution < -0.4 is 5.73 Å². The van der Waals surface area contributed by atoms with Gasteiger partial charge in [0.2, 0.25) is 0 Å². The molecule has 0 spiro atoms. The molecule has 1 heterocycles. The molecule has 1 aromatic carbocycles. The summed E-state index contributed by atoms with van der Waals surface area (Å²) >= 11 is 5.06. The van der Waals surface area contributed by atoms with Crippen LogP contribution in [0.3, 0.4) is 0 Å². The van der Waals surface area contributed by atoms with Crippen LogP contribution in [0.2, 0.25) is 0 Å². The van der Waals surface area contributed by atoms with Gasteiger partial charge in [0, 0.05) is 15.4 Å². The number of thiazole rings is 1. The van der Waals surface area contributed by atoms with E-state index < -0.39 is 0 Å². The Labute approximate surface area is 114 Å². The van der Waals surface area contributed by atoms with E-state index in [0.29, 0.717) is 0 Å². The van der Waals surface area contributed by atoms with Crippen molar-refractivity contribution in [2.45, 2.75) is 25.8 Å². The summed E-state index contributed by atoms with van der Waals surface area (Å²) in [6, 6.07) is 8.16. The van der Waals surface area contributed by atoms with Crippen molar-refractivity contribution in [3.8, 4) is 11.3 Å². The van der Waals surface area contributed by atoms with Gasteiger partial charge in [0.25, 0.3) is 0 Å². The average Bonchev–Trinajstić information content (AvgIpc) is 2.80. The maximum absolute atomic E-state index is 6.19. The Morgan fingerprint density at radius 1 is 1.35 bits per heavy atom. The van der Waals surface area contributed by atoms with Gasteiger partial charge in [-0.2, -0.15) is 0 Å². The predicted octanol–water partition coefficient (Wildman–Crippen LogP) is 4.16. The van der Waals surface area contributed by atoms with Gasteiger partial charge in [-0.15, -0.1) is 11.3 Å². The molecule has 2 aromatic rings. The average molecular weight is 311 g/mol. The molecule has 0 amide bonds. The highest BCUT2D eigenvalue weighted by Gasteiger charge is 2.22. The Bertz CT molecular complexity index is 502. The molecule has 90 valence electrons. The molecule has 4 heteroatoms. The largest absolute Gasteiger partial charge is 0.320 e. The van der Waals surface area contributed by atoms with Crippen molar-refractivity contribution in [2.24, 2.45) is 5.73 Å². The van der Waals surface area contributed by atoms with Crippen molar-refractivity contribution in [3.05, 3.63) is 39.1 Å². The van der Waals surface area contributed by atoms with Crippen LogP contribution in [0.15, 0.2) is 34.1 Å². The van der Waals surface area contributed by atoms with E-state index in [9.17, 15) is 0 Å². The third-order valence-electron chi connectivity index (χ3n) is 2.87. The first-order valence-electron chi connectivity index (χ1n) is 5.54. The van der Waals surface area contributed by atoms with E-state index in [1.807, 2.05) is 19.1 Å². The van der Waals surface area contributed by atoms with Crippen molar-refractivity contribution in [1.82, 2.24) is 4.98 Å². The number of nitrogens with two attached hydrogens (primary N) is 1. The molecule has 2 nitrogen and oxygen atoms in total. The zero-order valence-electron chi connectivity index (χ0n) is 9.90. The number of nitrogens with zero attached hydrogens (tertiary/aromatic N) is 1. The molecule has 0 saturated carbocycles. The minimum Gasteiger partial charge on any atom is -0.320 e. The first-order chi connectivity index (χ1) is 8.03. The maximum atomic E-state index is 6.19. The van der Waals surface area contributed by atoms with Gasteiger partial charge in [0.15, 0.2) is 0 Å². The van der Waals surface area contributed by atoms with E-state index >= 15 is 0 Å². The van der Waals surface area contributed by atoms with Gasteiger partial charge in [0.05, 0.1) is 11.2 Å². The number of hydrogen-bond acceptors (Lipinski definition) is 3. The highest BCUT2D eigenvalue weighted by atomic mass is 79.9. The number of hydrogen-bond donors (Lipinski definition) is 1. The Morgan fingerprint density at radius 2 is 2.00 bits per heavy atom. The quantitative estimate of drug-likeness (QED) is 0.924. The van der Waals surface area contributed by atoms with Crippen LogP contribution in [0.4, 0.5) is 0 Å². The van der Waals surface area contributed by atoms with E-state index in [1.54, 1.807) is 11.3 Å². The van der Waals surface area contributed by atoms with Crippen molar-refractivity contribution in [2.75, 3.05) is 0 Å². The van der Waals surface area contributed by atoms with Crippen LogP contribution in [-0.4, -0.2) is 4.98 Å². The molecule has 0 radical (unpaired) electrons. The molecule has 17 heavy (non-hydrogen) atoms. The lowest BCUT2D eigenvalue weighted by Gasteiger charge is -2.18. The highest BCUT2D eigenvalue weighted by molar-refractivity contribution is 9.10. The number of benzene rings is 1. The Morgan fingerprint density at radius 3 is 2.59 bits per heavy atom. The molecular weight excluding hydrogens is 296 g/mol. The first-order valence-corrected chi connectivity index (χ1v) is 7.21. The molecule has 2 rings (SSSR count). The second-order valence-corrected chi connectivity index (χ2v) is 6.09. The maximum Gasteiger partial charge on any atom is 0.113 e. The van der Waals surface area contributed by atoms with Crippen molar-refractivity contribution in [1.29, 1.82) is 0 Å². The SMILES string of the molecule is CCC(C)(N)c1nc(-c2ccc(Br)cc2)cs1. The highest BCUT2D eigenvalue weighted by Crippen LogP contribution is 2.29. The van der Waals surface area contributed by atoms with E-state index in [4.69, 9.17) is 5.73 Å². The molecule has 0 aliphatic carbocycles. The summed E-state index contributed by atoms with van der Waals surface area (Å²) in [6.45, 7) is 4.11. The van der Waals surface area contributed by atoms with E-state index in [0.717, 1.165) is 27.2 Å². The first kappa shape index (κ1) is 12.7. The summed E-state index contributed by atoms with van der Waals surface area (Å²) in [4.78, 5) is 4.63. The van der Waals surface area contributed by atoms with E-state index in [2.05, 4.69) is 45.4 Å². The van der Waals surface area contributed by atoms with Gasteiger partial charge in [-0.3, -0.25) is 0 Å². The predicted molar refractivity (Wildman–Crippen MR) is 77.1 cm³/mol. The summed E-state index contributed by atoms with van der Waals surface area (Å²) in [5.41, 5.74) is 8.00. The number of halogens is 1. The minimum atomic E-state index is -0.321. The van der Waals surface area contributed by atoms with Gasteiger partial charge >= 0.3 is 0 Å². The van der Waals surface area contributed by atoms with Crippen LogP contribution in [0, 0.1) is 0 Å². The van der Waals surface area contributed by atoms with Gasteiger partial charge in [-0.1, -0.05) is 35.0 Å². The lowest BCUT2D eigenvalue weighted by atomic mass is 10.0. The number of rotatable bonds is 3. The Hall–Kier alpha value is -0.710. The summed E-state index contributed by atoms with van der Waals surface area (Å²) in [7, 11) is 0. The molecule has 1 aromatic heterocycles. The van der Waals surface area contributed by atoms with Gasteiger partial charge in [0.1, 0.15) is 5.01 Å². The van der Waals surface area contributed by atoms with Crippen molar-refractivity contribution < 1.29 is 0 Å². The molecule has 1 atom stereocenters. The standard InChI is InChI=1S/C13H15BrN2S/c1-3-13(2,15)12-16-11(8-17-12)9-4-6-10(14)7-5-9/h4-8H,3,15H2,1-2H3. The third kappa shape index (κ3) is 2.76. The summed E-state index contributed by atoms with van der Waals surface area (Å²) < 4.78 is 1.08. The van der Waals surface area contributed by atoms with E-state index in [-0.39, 0.29) is 5.54 Å². The van der Waals surface area contributed by atoms with Gasteiger partial charge in [-0.25, -0.2) is 4.98 Å². The summed E-state index contributed by atoms with van der Waals surface area (Å²) in [5.74, 6) is 0. The minimum absolute atomic E-state index is 0.321. The summed E-state index contributed by atoms with van der Waals surface area (Å²) in [5, 5.41) is 3.07. The molecule has 0 aliphatic heterocycles. The normalized spacial score (nSPS) is 14.6. The van der Waals surface area contributed by atoms with Crippen LogP contribution >= 0.6 is 27.3 Å². The monoisotopic (exact) mass is 310 g/mol. The fourth-order valence-corrected chi connectivity index (χ4v) is 2.68. The molecule has 0 fully saturated rings. The molecular formula is C13H15BrN2S. The number of aromatic nitrogens is 1. The Balaban J connectivity index is 2.33. The van der Waals surface area contributed by atoms with E-state index in [1.165, 1.54) is 0 Å². The van der Waals surface area contributed by atoms with Gasteiger partial charge < -0.3 is 5.73 Å². The molecule has 1 unspecified atom stereocenters. The zero-order chi connectivity index (χ0) is 12.5. The topological polar surface area (TPSA) is 38.9 Å². The lowest BCUT2D eigenvalue weighted by Crippen LogP contribution is -2.31. The summed E-state index contributed by atoms with van der Waals surface area (Å²) in [6.07, 6.45) is 0.889. The lowest BCUT2D eigenvalue weighted by molar-refractivity contribution is 0.474. The fraction of sp³-hybridized carbons (Fsp3) is 0.308. The van der Waals surface area contributed by atoms with Crippen molar-refractivity contribution >= 4 is 27.3 Å². The van der Waals surface area contributed by atoms with Gasteiger partial charge in [-0.05, 0) is 25.5 Å². The van der Waals surface area contributed by atoms with Crippen LogP contribution in [0.1, 0.15) is 25.3 Å². The third-order valence-corrected chi connectivity index (χ3v) is 4.52. The Kier molecular flexibility index (Phi) is 3.66. The fourth-order valence-electron chi connectivity index (χ4n) is 1.44. The van der Waals surface area contributed by atoms with Crippen LogP contribution in [-0.2, 0) is 5.54 Å². The molecule has 2 N–H and O–H groups in total. The second-order valence-electron chi connectivity index (χ2n) is 4.32.